The molecule has 1 aromatic rings. The van der Waals surface area contributed by atoms with Crippen LogP contribution >= 0.6 is 23.4 Å². The van der Waals surface area contributed by atoms with Gasteiger partial charge >= 0.3 is 12.1 Å². The Morgan fingerprint density at radius 1 is 1.21 bits per heavy atom. The number of alkyl halides is 3. The number of nitrogens with one attached hydrogen (secondary N) is 1. The third kappa shape index (κ3) is 8.03. The Morgan fingerprint density at radius 2 is 1.83 bits per heavy atom. The van der Waals surface area contributed by atoms with Crippen LogP contribution in [0.2, 0.25) is 5.02 Å². The molecule has 4 nitrogen and oxygen atoms in total. The third-order valence-corrected chi connectivity index (χ3v) is 4.40. The zero-order valence-corrected chi connectivity index (χ0v) is 14.3. The van der Waals surface area contributed by atoms with E-state index in [-0.39, 0.29) is 11.7 Å². The molecular weight excluding hydrogens is 365 g/mol. The smallest absolute Gasteiger partial charge is 0.348 e. The van der Waals surface area contributed by atoms with Crippen LogP contribution in [-0.2, 0) is 15.3 Å². The molecule has 0 aliphatic heterocycles. The summed E-state index contributed by atoms with van der Waals surface area (Å²) in [6.45, 7) is -0.100. The Morgan fingerprint density at radius 3 is 2.42 bits per heavy atom. The molecule has 0 heterocycles. The largest absolute Gasteiger partial charge is 0.471 e. The Hall–Kier alpha value is -1.25. The fourth-order valence-corrected chi connectivity index (χ4v) is 2.71. The number of unbranched alkanes of at least 4 members (excludes halogenated alkanes) is 1. The van der Waals surface area contributed by atoms with Gasteiger partial charge in [0, 0.05) is 17.3 Å². The molecule has 24 heavy (non-hydrogen) atoms. The third-order valence-electron chi connectivity index (χ3n) is 3.08. The van der Waals surface area contributed by atoms with Crippen LogP contribution in [0.5, 0.6) is 0 Å². The van der Waals surface area contributed by atoms with Gasteiger partial charge in [-0.25, -0.2) is 0 Å². The molecule has 0 bridgehead atoms. The predicted molar refractivity (Wildman–Crippen MR) is 88.6 cm³/mol. The fourth-order valence-electron chi connectivity index (χ4n) is 1.75. The SMILES string of the molecule is NC(CCCCNC(=O)C(F)(F)F)C(=O)SCc1ccc(Cl)cc1. The van der Waals surface area contributed by atoms with Gasteiger partial charge in [-0.05, 0) is 37.0 Å². The lowest BCUT2D eigenvalue weighted by atomic mass is 10.1. The van der Waals surface area contributed by atoms with E-state index in [0.717, 1.165) is 17.3 Å². The van der Waals surface area contributed by atoms with E-state index in [9.17, 15) is 22.8 Å². The van der Waals surface area contributed by atoms with Gasteiger partial charge in [-0.15, -0.1) is 0 Å². The normalized spacial score (nSPS) is 12.7. The number of hydrogen-bond donors (Lipinski definition) is 2. The van der Waals surface area contributed by atoms with Gasteiger partial charge in [0.1, 0.15) is 0 Å². The van der Waals surface area contributed by atoms with E-state index < -0.39 is 18.1 Å². The van der Waals surface area contributed by atoms with Crippen LogP contribution in [0.25, 0.3) is 0 Å². The number of carbonyl (C=O) groups excluding carboxylic acids is 2. The van der Waals surface area contributed by atoms with Gasteiger partial charge in [0.2, 0.25) is 5.12 Å². The van der Waals surface area contributed by atoms with Gasteiger partial charge in [-0.2, -0.15) is 13.2 Å². The van der Waals surface area contributed by atoms with Crippen molar-refractivity contribution in [2.75, 3.05) is 6.54 Å². The average Bonchev–Trinajstić information content (AvgIpc) is 2.52. The molecule has 0 saturated carbocycles. The van der Waals surface area contributed by atoms with Gasteiger partial charge in [-0.3, -0.25) is 9.59 Å². The van der Waals surface area contributed by atoms with Crippen LogP contribution in [0, 0.1) is 0 Å². The maximum Gasteiger partial charge on any atom is 0.471 e. The van der Waals surface area contributed by atoms with Crippen molar-refractivity contribution in [2.45, 2.75) is 37.2 Å². The first kappa shape index (κ1) is 20.8. The summed E-state index contributed by atoms with van der Waals surface area (Å²) in [7, 11) is 0. The lowest BCUT2D eigenvalue weighted by Gasteiger charge is -2.11. The minimum Gasteiger partial charge on any atom is -0.348 e. The zero-order valence-electron chi connectivity index (χ0n) is 12.7. The molecule has 0 radical (unpaired) electrons. The lowest BCUT2D eigenvalue weighted by molar-refractivity contribution is -0.173. The van der Waals surface area contributed by atoms with Crippen LogP contribution in [0.3, 0.4) is 0 Å². The number of nitrogens with two attached hydrogens (primary N) is 1. The zero-order chi connectivity index (χ0) is 18.2. The number of amides is 1. The highest BCUT2D eigenvalue weighted by molar-refractivity contribution is 8.13. The first-order chi connectivity index (χ1) is 11.2. The molecule has 0 fully saturated rings. The molecular formula is C15H18ClF3N2O2S. The summed E-state index contributed by atoms with van der Waals surface area (Å²) in [6, 6.07) is 6.42. The molecule has 1 atom stereocenters. The summed E-state index contributed by atoms with van der Waals surface area (Å²) in [5.74, 6) is -1.48. The summed E-state index contributed by atoms with van der Waals surface area (Å²) < 4.78 is 35.9. The van der Waals surface area contributed by atoms with Crippen molar-refractivity contribution in [1.29, 1.82) is 0 Å². The van der Waals surface area contributed by atoms with Gasteiger partial charge in [0.05, 0.1) is 6.04 Å². The van der Waals surface area contributed by atoms with Gasteiger partial charge < -0.3 is 11.1 Å². The molecule has 9 heteroatoms. The lowest BCUT2D eigenvalue weighted by Crippen LogP contribution is -2.37. The van der Waals surface area contributed by atoms with Crippen molar-refractivity contribution in [3.63, 3.8) is 0 Å². The number of halogens is 4. The number of thioether (sulfide) groups is 1. The molecule has 134 valence electrons. The van der Waals surface area contributed by atoms with Crippen LogP contribution in [0.15, 0.2) is 24.3 Å². The standard InChI is InChI=1S/C15H18ClF3N2O2S/c16-11-6-4-10(5-7-11)9-24-13(22)12(20)3-1-2-8-21-14(23)15(17,18)19/h4-7,12H,1-3,8-9,20H2,(H,21,23). The van der Waals surface area contributed by atoms with Crippen LogP contribution in [-0.4, -0.2) is 29.8 Å². The van der Waals surface area contributed by atoms with E-state index in [1.807, 2.05) is 12.1 Å². The highest BCUT2D eigenvalue weighted by atomic mass is 35.5. The van der Waals surface area contributed by atoms with E-state index in [1.165, 1.54) is 0 Å². The molecule has 0 aliphatic carbocycles. The highest BCUT2D eigenvalue weighted by Crippen LogP contribution is 2.18. The first-order valence-corrected chi connectivity index (χ1v) is 8.58. The van der Waals surface area contributed by atoms with Crippen molar-refractivity contribution in [2.24, 2.45) is 5.73 Å². The first-order valence-electron chi connectivity index (χ1n) is 7.22. The van der Waals surface area contributed by atoms with Gasteiger partial charge in [-0.1, -0.05) is 35.5 Å². The summed E-state index contributed by atoms with van der Waals surface area (Å²) >= 11 is 6.86. The molecule has 1 aromatic carbocycles. The van der Waals surface area contributed by atoms with E-state index in [1.54, 1.807) is 17.4 Å². The van der Waals surface area contributed by atoms with Crippen LogP contribution < -0.4 is 11.1 Å². The topological polar surface area (TPSA) is 72.2 Å². The monoisotopic (exact) mass is 382 g/mol. The molecule has 0 aromatic heterocycles. The summed E-state index contributed by atoms with van der Waals surface area (Å²) in [4.78, 5) is 22.5. The number of benzene rings is 1. The average molecular weight is 383 g/mol. The minimum absolute atomic E-state index is 0.100. The predicted octanol–water partition coefficient (Wildman–Crippen LogP) is 3.28. The second-order valence-electron chi connectivity index (χ2n) is 5.09. The Balaban J connectivity index is 2.18. The van der Waals surface area contributed by atoms with E-state index >= 15 is 0 Å². The molecule has 1 unspecified atom stereocenters. The van der Waals surface area contributed by atoms with E-state index in [4.69, 9.17) is 17.3 Å². The van der Waals surface area contributed by atoms with Crippen LogP contribution in [0.4, 0.5) is 13.2 Å². The van der Waals surface area contributed by atoms with Gasteiger partial charge in [0.15, 0.2) is 0 Å². The molecule has 1 amide bonds. The van der Waals surface area contributed by atoms with Crippen molar-refractivity contribution in [3.8, 4) is 0 Å². The highest BCUT2D eigenvalue weighted by Gasteiger charge is 2.38. The summed E-state index contributed by atoms with van der Waals surface area (Å²) in [5, 5.41) is 2.21. The second kappa shape index (κ2) is 9.90. The molecule has 0 saturated heterocycles. The maximum absolute atomic E-state index is 12.0. The quantitative estimate of drug-likeness (QED) is 0.677. The Bertz CT molecular complexity index is 553. The van der Waals surface area contributed by atoms with E-state index in [2.05, 4.69) is 0 Å². The van der Waals surface area contributed by atoms with Crippen molar-refractivity contribution in [3.05, 3.63) is 34.9 Å². The van der Waals surface area contributed by atoms with Gasteiger partial charge in [0.25, 0.3) is 0 Å². The van der Waals surface area contributed by atoms with Crippen molar-refractivity contribution < 1.29 is 22.8 Å². The van der Waals surface area contributed by atoms with Crippen molar-refractivity contribution in [1.82, 2.24) is 5.32 Å². The molecule has 0 aliphatic rings. The maximum atomic E-state index is 12.0. The molecule has 3 N–H and O–H groups in total. The minimum atomic E-state index is -4.87. The second-order valence-corrected chi connectivity index (χ2v) is 6.51. The number of rotatable bonds is 8. The Labute approximate surface area is 147 Å². The summed E-state index contributed by atoms with van der Waals surface area (Å²) in [5.41, 5.74) is 6.70. The van der Waals surface area contributed by atoms with Crippen LogP contribution in [0.1, 0.15) is 24.8 Å². The molecule has 1 rings (SSSR count). The van der Waals surface area contributed by atoms with Crippen molar-refractivity contribution >= 4 is 34.4 Å². The number of carbonyl (C=O) groups is 2. The molecule has 0 spiro atoms. The number of hydrogen-bond acceptors (Lipinski definition) is 4. The van der Waals surface area contributed by atoms with E-state index in [0.29, 0.717) is 30.0 Å². The summed E-state index contributed by atoms with van der Waals surface area (Å²) in [6.07, 6.45) is -3.74. The fraction of sp³-hybridized carbons (Fsp3) is 0.467. The Kier molecular flexibility index (Phi) is 8.58.